The highest BCUT2D eigenvalue weighted by molar-refractivity contribution is 5.93. The SMILES string of the molecule is CN1CCN(c2ccc3c(c2)O[C@@H]2CCN(CCOc4c(cnn4C)-c4ccc5[nH]nc(c5c4)/C=C/3)C2=O)CC1. The molecular formula is C30H33N7O3. The summed E-state index contributed by atoms with van der Waals surface area (Å²) in [6.45, 7) is 5.45. The number of amides is 1. The number of hydrogen-bond donors (Lipinski definition) is 1. The van der Waals surface area contributed by atoms with Gasteiger partial charge in [-0.25, -0.2) is 4.68 Å². The van der Waals surface area contributed by atoms with Gasteiger partial charge in [-0.15, -0.1) is 0 Å². The van der Waals surface area contributed by atoms with E-state index in [-0.39, 0.29) is 5.91 Å². The molecular weight excluding hydrogens is 506 g/mol. The van der Waals surface area contributed by atoms with Gasteiger partial charge < -0.3 is 24.2 Å². The molecule has 3 aliphatic heterocycles. The summed E-state index contributed by atoms with van der Waals surface area (Å²) in [6.07, 6.45) is 5.97. The summed E-state index contributed by atoms with van der Waals surface area (Å²) in [5, 5.41) is 13.2. The molecule has 3 aliphatic rings. The molecule has 10 heteroatoms. The molecule has 1 amide bonds. The predicted octanol–water partition coefficient (Wildman–Crippen LogP) is 3.26. The number of rotatable bonds is 1. The molecule has 4 bridgehead atoms. The molecule has 40 heavy (non-hydrogen) atoms. The lowest BCUT2D eigenvalue weighted by molar-refractivity contribution is -0.133. The first-order chi connectivity index (χ1) is 19.5. The fourth-order valence-electron chi connectivity index (χ4n) is 5.76. The number of H-pyrrole nitrogens is 1. The second-order valence-corrected chi connectivity index (χ2v) is 10.8. The number of fused-ring (bicyclic) bond motifs is 6. The first kappa shape index (κ1) is 24.7. The molecule has 206 valence electrons. The number of piperazine rings is 1. The Labute approximate surface area is 232 Å². The molecule has 2 saturated heterocycles. The molecule has 0 saturated carbocycles. The van der Waals surface area contributed by atoms with Crippen LogP contribution < -0.4 is 14.4 Å². The zero-order valence-corrected chi connectivity index (χ0v) is 22.8. The van der Waals surface area contributed by atoms with E-state index >= 15 is 0 Å². The van der Waals surface area contributed by atoms with Crippen LogP contribution in [0.3, 0.4) is 0 Å². The number of carbonyl (C=O) groups is 1. The van der Waals surface area contributed by atoms with Crippen molar-refractivity contribution in [3.05, 3.63) is 53.9 Å². The van der Waals surface area contributed by atoms with Gasteiger partial charge in [0, 0.05) is 68.9 Å². The van der Waals surface area contributed by atoms with Crippen molar-refractivity contribution in [1.82, 2.24) is 29.8 Å². The lowest BCUT2D eigenvalue weighted by atomic mass is 10.0. The van der Waals surface area contributed by atoms with Crippen LogP contribution in [0.5, 0.6) is 11.6 Å². The molecule has 5 heterocycles. The third kappa shape index (κ3) is 4.48. The number of nitrogens with one attached hydrogen (secondary N) is 1. The molecule has 1 atom stereocenters. The highest BCUT2D eigenvalue weighted by atomic mass is 16.5. The van der Waals surface area contributed by atoms with Gasteiger partial charge in [0.05, 0.1) is 29.5 Å². The summed E-state index contributed by atoms with van der Waals surface area (Å²) in [7, 11) is 4.02. The Kier molecular flexibility index (Phi) is 6.19. The van der Waals surface area contributed by atoms with E-state index in [1.165, 1.54) is 0 Å². The molecule has 0 aliphatic carbocycles. The molecule has 0 spiro atoms. The molecule has 10 nitrogen and oxygen atoms in total. The van der Waals surface area contributed by atoms with Crippen LogP contribution in [-0.2, 0) is 11.8 Å². The number of aryl methyl sites for hydroxylation is 1. The maximum atomic E-state index is 13.3. The summed E-state index contributed by atoms with van der Waals surface area (Å²) >= 11 is 0. The highest BCUT2D eigenvalue weighted by Gasteiger charge is 2.34. The zero-order chi connectivity index (χ0) is 27.2. The molecule has 2 aromatic heterocycles. The summed E-state index contributed by atoms with van der Waals surface area (Å²) in [6, 6.07) is 12.5. The fourth-order valence-corrected chi connectivity index (χ4v) is 5.76. The minimum atomic E-state index is -0.523. The van der Waals surface area contributed by atoms with Gasteiger partial charge in [-0.2, -0.15) is 10.2 Å². The number of likely N-dealkylation sites (N-methyl/N-ethyl adjacent to an activating group) is 1. The van der Waals surface area contributed by atoms with Crippen LogP contribution in [0.4, 0.5) is 5.69 Å². The largest absolute Gasteiger partial charge is 0.480 e. The average molecular weight is 540 g/mol. The Morgan fingerprint density at radius 1 is 0.950 bits per heavy atom. The van der Waals surface area contributed by atoms with Crippen molar-refractivity contribution >= 4 is 34.6 Å². The molecule has 7 rings (SSSR count). The summed E-state index contributed by atoms with van der Waals surface area (Å²) in [5.74, 6) is 1.39. The van der Waals surface area contributed by atoms with E-state index in [0.717, 1.165) is 65.2 Å². The van der Waals surface area contributed by atoms with E-state index in [1.807, 2.05) is 42.4 Å². The Balaban J connectivity index is 1.30. The van der Waals surface area contributed by atoms with E-state index in [2.05, 4.69) is 56.4 Å². The van der Waals surface area contributed by atoms with Crippen molar-refractivity contribution in [2.24, 2.45) is 7.05 Å². The zero-order valence-electron chi connectivity index (χ0n) is 22.8. The van der Waals surface area contributed by atoms with Crippen LogP contribution in [0.1, 0.15) is 17.7 Å². The maximum absolute atomic E-state index is 13.3. The van der Waals surface area contributed by atoms with Gasteiger partial charge in [-0.05, 0) is 49.0 Å². The monoisotopic (exact) mass is 539 g/mol. The standard InChI is InChI=1S/C30H33N7O3/c1-34-11-13-36(14-12-34)22-6-3-20-4-7-25-23-17-21(5-8-26(23)33-32-25)24-19-31-35(2)30(24)39-16-15-37-10-9-27(29(37)38)40-28(20)18-22/h3-8,17-19,27H,9-16H2,1-2H3,(H,32,33)/b7-4+/t27-/m1/s1. The van der Waals surface area contributed by atoms with Gasteiger partial charge in [0.25, 0.3) is 5.91 Å². The van der Waals surface area contributed by atoms with Crippen molar-refractivity contribution in [2.45, 2.75) is 12.5 Å². The Morgan fingerprint density at radius 3 is 2.70 bits per heavy atom. The van der Waals surface area contributed by atoms with E-state index in [4.69, 9.17) is 9.47 Å². The Morgan fingerprint density at radius 2 is 1.82 bits per heavy atom. The summed E-state index contributed by atoms with van der Waals surface area (Å²) in [4.78, 5) is 19.9. The number of ether oxygens (including phenoxy) is 2. The number of nitrogens with zero attached hydrogens (tertiary/aromatic N) is 6. The normalized spacial score (nSPS) is 20.6. The van der Waals surface area contributed by atoms with Gasteiger partial charge in [0.15, 0.2) is 6.10 Å². The van der Waals surface area contributed by atoms with Crippen LogP contribution in [0.25, 0.3) is 34.2 Å². The molecule has 2 aromatic carbocycles. The highest BCUT2D eigenvalue weighted by Crippen LogP contribution is 2.34. The predicted molar refractivity (Wildman–Crippen MR) is 154 cm³/mol. The minimum absolute atomic E-state index is 0.00117. The van der Waals surface area contributed by atoms with Crippen molar-refractivity contribution in [2.75, 3.05) is 57.8 Å². The Bertz CT molecular complexity index is 1600. The Hall–Kier alpha value is -4.31. The van der Waals surface area contributed by atoms with E-state index in [1.54, 1.807) is 4.68 Å². The van der Waals surface area contributed by atoms with Crippen molar-refractivity contribution in [3.63, 3.8) is 0 Å². The van der Waals surface area contributed by atoms with Gasteiger partial charge >= 0.3 is 0 Å². The van der Waals surface area contributed by atoms with Crippen LogP contribution in [0.15, 0.2) is 42.6 Å². The third-order valence-corrected chi connectivity index (χ3v) is 8.19. The first-order valence-corrected chi connectivity index (χ1v) is 13.9. The van der Waals surface area contributed by atoms with Crippen molar-refractivity contribution < 1.29 is 14.3 Å². The van der Waals surface area contributed by atoms with Crippen molar-refractivity contribution in [1.29, 1.82) is 0 Å². The molecule has 0 unspecified atom stereocenters. The maximum Gasteiger partial charge on any atom is 0.263 e. The van der Waals surface area contributed by atoms with E-state index in [9.17, 15) is 4.79 Å². The van der Waals surface area contributed by atoms with E-state index < -0.39 is 6.10 Å². The minimum Gasteiger partial charge on any atom is -0.480 e. The first-order valence-electron chi connectivity index (χ1n) is 13.9. The number of carbonyl (C=O) groups excluding carboxylic acids is 1. The molecule has 0 radical (unpaired) electrons. The van der Waals surface area contributed by atoms with Gasteiger partial charge in [0.1, 0.15) is 12.4 Å². The molecule has 1 N–H and O–H groups in total. The van der Waals surface area contributed by atoms with Crippen LogP contribution in [-0.4, -0.2) is 94.7 Å². The van der Waals surface area contributed by atoms with E-state index in [0.29, 0.717) is 37.7 Å². The van der Waals surface area contributed by atoms with Crippen LogP contribution in [0, 0.1) is 0 Å². The number of aromatic nitrogens is 4. The van der Waals surface area contributed by atoms with Gasteiger partial charge in [-0.1, -0.05) is 6.07 Å². The molecule has 4 aromatic rings. The fraction of sp³-hybridized carbons (Fsp3) is 0.367. The lowest BCUT2D eigenvalue weighted by Gasteiger charge is -2.34. The van der Waals surface area contributed by atoms with Gasteiger partial charge in [0.2, 0.25) is 5.88 Å². The summed E-state index contributed by atoms with van der Waals surface area (Å²) < 4.78 is 14.4. The van der Waals surface area contributed by atoms with Crippen LogP contribution >= 0.6 is 0 Å². The second-order valence-electron chi connectivity index (χ2n) is 10.8. The number of anilines is 1. The average Bonchev–Trinajstić information content (AvgIpc) is 3.65. The quantitative estimate of drug-likeness (QED) is 0.397. The van der Waals surface area contributed by atoms with Gasteiger partial charge in [-0.3, -0.25) is 9.89 Å². The third-order valence-electron chi connectivity index (χ3n) is 8.19. The number of benzene rings is 2. The second kappa shape index (κ2) is 10.0. The number of aromatic amines is 1. The lowest BCUT2D eigenvalue weighted by Crippen LogP contribution is -2.44. The number of hydrogen-bond acceptors (Lipinski definition) is 7. The van der Waals surface area contributed by atoms with Crippen LogP contribution in [0.2, 0.25) is 0 Å². The summed E-state index contributed by atoms with van der Waals surface area (Å²) in [5.41, 5.74) is 5.70. The topological polar surface area (TPSA) is 91.8 Å². The molecule has 2 fully saturated rings. The smallest absolute Gasteiger partial charge is 0.263 e. The van der Waals surface area contributed by atoms with Crippen molar-refractivity contribution in [3.8, 4) is 22.8 Å².